The zero-order valence-electron chi connectivity index (χ0n) is 30.0. The average Bonchev–Trinajstić information content (AvgIpc) is 3.11. The second-order valence-electron chi connectivity index (χ2n) is 12.0. The Morgan fingerprint density at radius 3 is 1.67 bits per heavy atom. The molecule has 0 saturated carbocycles. The monoisotopic (exact) mass is 678 g/mol. The lowest BCUT2D eigenvalue weighted by Crippen LogP contribution is -2.46. The number of esters is 1. The van der Waals surface area contributed by atoms with Crippen LogP contribution in [0, 0.1) is 0 Å². The SMILES string of the molecule is CCO[Si](CCCOCCCCCCCCOc1ccc(-c2ccc(C(=O)Oc3ccc(C(C)CC)cc3)cc2)cc1)(OCC)OCC. The maximum absolute atomic E-state index is 12.7. The van der Waals surface area contributed by atoms with E-state index in [4.69, 9.17) is 27.5 Å². The van der Waals surface area contributed by atoms with Crippen molar-refractivity contribution >= 4 is 14.8 Å². The van der Waals surface area contributed by atoms with Crippen molar-refractivity contribution in [3.63, 3.8) is 0 Å². The van der Waals surface area contributed by atoms with Gasteiger partial charge < -0.3 is 27.5 Å². The van der Waals surface area contributed by atoms with E-state index in [0.29, 0.717) is 37.1 Å². The molecule has 3 rings (SSSR count). The van der Waals surface area contributed by atoms with E-state index < -0.39 is 8.80 Å². The molecule has 3 aromatic rings. The Hall–Kier alpha value is -3.01. The van der Waals surface area contributed by atoms with Gasteiger partial charge in [0.05, 0.1) is 12.2 Å². The molecule has 1 atom stereocenters. The highest BCUT2D eigenvalue weighted by Gasteiger charge is 2.39. The van der Waals surface area contributed by atoms with Crippen LogP contribution in [0.4, 0.5) is 0 Å². The molecule has 3 aromatic carbocycles. The van der Waals surface area contributed by atoms with E-state index in [1.807, 2.05) is 81.4 Å². The standard InChI is InChI=1S/C40H58O7Si/c1-6-33(5)34-21-27-39(28-22-34)47-40(41)37-19-17-35(18-20-37)36-23-25-38(26-24-36)43-31-15-13-11-10-12-14-29-42-30-16-32-48(44-7-2,45-8-3)46-9-4/h17-28,33H,6-16,29-32H2,1-5H3. The molecule has 7 nitrogen and oxygen atoms in total. The smallest absolute Gasteiger partial charge is 0.494 e. The zero-order chi connectivity index (χ0) is 34.5. The van der Waals surface area contributed by atoms with E-state index in [0.717, 1.165) is 74.8 Å². The van der Waals surface area contributed by atoms with Crippen molar-refractivity contribution in [2.75, 3.05) is 39.6 Å². The molecule has 0 heterocycles. The van der Waals surface area contributed by atoms with E-state index >= 15 is 0 Å². The number of ether oxygens (including phenoxy) is 3. The summed E-state index contributed by atoms with van der Waals surface area (Å²) >= 11 is 0. The molecule has 1 unspecified atom stereocenters. The van der Waals surface area contributed by atoms with Crippen LogP contribution in [-0.2, 0) is 18.0 Å². The molecule has 0 N–H and O–H groups in total. The van der Waals surface area contributed by atoms with Gasteiger partial charge in [0.1, 0.15) is 11.5 Å². The summed E-state index contributed by atoms with van der Waals surface area (Å²) in [6.07, 6.45) is 8.89. The third-order valence-electron chi connectivity index (χ3n) is 8.40. The minimum absolute atomic E-state index is 0.357. The van der Waals surface area contributed by atoms with Gasteiger partial charge in [-0.2, -0.15) is 0 Å². The number of carbonyl (C=O) groups excluding carboxylic acids is 1. The molecule has 0 saturated heterocycles. The largest absolute Gasteiger partial charge is 0.501 e. The fraction of sp³-hybridized carbons (Fsp3) is 0.525. The Balaban J connectivity index is 1.24. The van der Waals surface area contributed by atoms with Crippen molar-refractivity contribution < 1.29 is 32.3 Å². The second kappa shape index (κ2) is 22.6. The van der Waals surface area contributed by atoms with Crippen LogP contribution in [0.5, 0.6) is 11.5 Å². The summed E-state index contributed by atoms with van der Waals surface area (Å²) in [6, 6.07) is 24.2. The Morgan fingerprint density at radius 2 is 1.10 bits per heavy atom. The summed E-state index contributed by atoms with van der Waals surface area (Å²) in [5.74, 6) is 1.56. The van der Waals surface area contributed by atoms with E-state index in [9.17, 15) is 4.79 Å². The molecule has 0 aliphatic heterocycles. The van der Waals surface area contributed by atoms with Gasteiger partial charge in [0.15, 0.2) is 0 Å². The van der Waals surface area contributed by atoms with Crippen LogP contribution in [0.25, 0.3) is 11.1 Å². The molecule has 48 heavy (non-hydrogen) atoms. The number of carbonyl (C=O) groups is 1. The van der Waals surface area contributed by atoms with Gasteiger partial charge in [-0.25, -0.2) is 4.79 Å². The molecule has 264 valence electrons. The molecule has 0 bridgehead atoms. The molecule has 0 aliphatic carbocycles. The fourth-order valence-corrected chi connectivity index (χ4v) is 8.09. The topological polar surface area (TPSA) is 72.5 Å². The first-order valence-electron chi connectivity index (χ1n) is 18.1. The predicted molar refractivity (Wildman–Crippen MR) is 196 cm³/mol. The number of benzene rings is 3. The second-order valence-corrected chi connectivity index (χ2v) is 14.8. The van der Waals surface area contributed by atoms with Crippen LogP contribution in [0.2, 0.25) is 6.04 Å². The summed E-state index contributed by atoms with van der Waals surface area (Å²) in [5, 5.41) is 0. The fourth-order valence-electron chi connectivity index (χ4n) is 5.51. The third-order valence-corrected chi connectivity index (χ3v) is 11.5. The maximum Gasteiger partial charge on any atom is 0.501 e. The summed E-state index contributed by atoms with van der Waals surface area (Å²) in [7, 11) is -2.55. The zero-order valence-corrected chi connectivity index (χ0v) is 31.0. The lowest BCUT2D eigenvalue weighted by molar-refractivity contribution is 0.0656. The first-order valence-corrected chi connectivity index (χ1v) is 20.0. The van der Waals surface area contributed by atoms with Crippen molar-refractivity contribution in [2.45, 2.75) is 97.9 Å². The summed E-state index contributed by atoms with van der Waals surface area (Å²) < 4.78 is 35.1. The highest BCUT2D eigenvalue weighted by atomic mass is 28.4. The number of rotatable bonds is 25. The van der Waals surface area contributed by atoms with Crippen molar-refractivity contribution in [3.8, 4) is 22.6 Å². The number of hydrogen-bond acceptors (Lipinski definition) is 7. The van der Waals surface area contributed by atoms with Crippen LogP contribution in [-0.4, -0.2) is 54.4 Å². The van der Waals surface area contributed by atoms with Gasteiger partial charge in [-0.05, 0) is 105 Å². The Bertz CT molecular complexity index is 1260. The van der Waals surface area contributed by atoms with Gasteiger partial charge >= 0.3 is 14.8 Å². The van der Waals surface area contributed by atoms with Crippen LogP contribution in [0.15, 0.2) is 72.8 Å². The lowest BCUT2D eigenvalue weighted by Gasteiger charge is -2.28. The summed E-state index contributed by atoms with van der Waals surface area (Å²) in [5.41, 5.74) is 3.88. The normalized spacial score (nSPS) is 12.2. The van der Waals surface area contributed by atoms with Gasteiger partial charge in [0.25, 0.3) is 0 Å². The van der Waals surface area contributed by atoms with Gasteiger partial charge in [-0.1, -0.05) is 75.9 Å². The minimum Gasteiger partial charge on any atom is -0.494 e. The van der Waals surface area contributed by atoms with Crippen molar-refractivity contribution in [2.24, 2.45) is 0 Å². The first kappa shape index (κ1) is 39.4. The number of hydrogen-bond donors (Lipinski definition) is 0. The van der Waals surface area contributed by atoms with Crippen molar-refractivity contribution in [1.29, 1.82) is 0 Å². The highest BCUT2D eigenvalue weighted by molar-refractivity contribution is 6.60. The van der Waals surface area contributed by atoms with Gasteiger partial charge in [-0.3, -0.25) is 0 Å². The van der Waals surface area contributed by atoms with Crippen LogP contribution in [0.3, 0.4) is 0 Å². The van der Waals surface area contributed by atoms with E-state index in [1.165, 1.54) is 24.8 Å². The van der Waals surface area contributed by atoms with E-state index in [-0.39, 0.29) is 5.97 Å². The Labute approximate surface area is 290 Å². The molecule has 0 fully saturated rings. The van der Waals surface area contributed by atoms with Gasteiger partial charge in [0, 0.05) is 39.1 Å². The lowest BCUT2D eigenvalue weighted by atomic mass is 9.99. The average molecular weight is 679 g/mol. The minimum atomic E-state index is -2.55. The molecule has 0 spiro atoms. The van der Waals surface area contributed by atoms with Crippen LogP contribution in [0.1, 0.15) is 108 Å². The van der Waals surface area contributed by atoms with E-state index in [2.05, 4.69) is 26.0 Å². The number of unbranched alkanes of at least 4 members (excludes halogenated alkanes) is 5. The van der Waals surface area contributed by atoms with Gasteiger partial charge in [0.2, 0.25) is 0 Å². The molecular formula is C40H58O7Si. The summed E-state index contributed by atoms with van der Waals surface area (Å²) in [6.45, 7) is 14.4. The van der Waals surface area contributed by atoms with Crippen molar-refractivity contribution in [3.05, 3.63) is 83.9 Å². The highest BCUT2D eigenvalue weighted by Crippen LogP contribution is 2.25. The first-order chi connectivity index (χ1) is 23.4. The third kappa shape index (κ3) is 13.8. The van der Waals surface area contributed by atoms with Crippen LogP contribution >= 0.6 is 0 Å². The molecular weight excluding hydrogens is 621 g/mol. The molecule has 0 amide bonds. The summed E-state index contributed by atoms with van der Waals surface area (Å²) in [4.78, 5) is 12.7. The molecule has 0 aromatic heterocycles. The quantitative estimate of drug-likeness (QED) is 0.0382. The predicted octanol–water partition coefficient (Wildman–Crippen LogP) is 10.3. The maximum atomic E-state index is 12.7. The Morgan fingerprint density at radius 1 is 0.604 bits per heavy atom. The van der Waals surface area contributed by atoms with Crippen LogP contribution < -0.4 is 9.47 Å². The Kier molecular flexibility index (Phi) is 18.6. The molecule has 0 aliphatic rings. The van der Waals surface area contributed by atoms with Crippen molar-refractivity contribution in [1.82, 2.24) is 0 Å². The van der Waals surface area contributed by atoms with E-state index in [1.54, 1.807) is 0 Å². The molecule has 0 radical (unpaired) electrons. The van der Waals surface area contributed by atoms with Gasteiger partial charge in [-0.15, -0.1) is 0 Å². The molecule has 8 heteroatoms.